The maximum atomic E-state index is 13.2. The molecule has 0 saturated carbocycles. The highest BCUT2D eigenvalue weighted by Crippen LogP contribution is 2.42. The van der Waals surface area contributed by atoms with Gasteiger partial charge in [-0.1, -0.05) is 12.1 Å². The highest BCUT2D eigenvalue weighted by molar-refractivity contribution is 6.05. The molecule has 3 aliphatic rings. The van der Waals surface area contributed by atoms with E-state index < -0.39 is 0 Å². The van der Waals surface area contributed by atoms with E-state index in [1.54, 1.807) is 19.2 Å². The monoisotopic (exact) mass is 289 g/mol. The molecular weight excluding hydrogens is 271 g/mol. The molecule has 3 saturated heterocycles. The lowest BCUT2D eigenvalue weighted by Gasteiger charge is -2.25. The smallest absolute Gasteiger partial charge is 0.239 e. The Morgan fingerprint density at radius 1 is 1.14 bits per heavy atom. The van der Waals surface area contributed by atoms with Gasteiger partial charge in [0.2, 0.25) is 11.8 Å². The fraction of sp³-hybridized carbons (Fsp3) is 0.500. The Morgan fingerprint density at radius 2 is 1.81 bits per heavy atom. The van der Waals surface area contributed by atoms with Crippen molar-refractivity contribution in [3.8, 4) is 0 Å². The number of imide groups is 1. The van der Waals surface area contributed by atoms with Gasteiger partial charge in [0.05, 0.1) is 6.54 Å². The van der Waals surface area contributed by atoms with Crippen LogP contribution >= 0.6 is 0 Å². The molecule has 5 heteroatoms. The third-order valence-corrected chi connectivity index (χ3v) is 5.50. The summed E-state index contributed by atoms with van der Waals surface area (Å²) in [5.74, 6) is -0.823. The minimum absolute atomic E-state index is 0.00972. The van der Waals surface area contributed by atoms with E-state index in [1.165, 1.54) is 21.9 Å². The van der Waals surface area contributed by atoms with E-state index in [1.807, 2.05) is 0 Å². The molecule has 0 aliphatic carbocycles. The first-order chi connectivity index (χ1) is 10.1. The van der Waals surface area contributed by atoms with Gasteiger partial charge in [0.15, 0.2) is 0 Å². The van der Waals surface area contributed by atoms with Crippen molar-refractivity contribution < 1.29 is 18.9 Å². The molecule has 5 atom stereocenters. The standard InChI is InChI=1S/C16H17FN2O2/c1-18-15(20)12-11-3-2-8-19(11)14(13(12)16(18)21)9-4-6-10(17)7-5-9/h4-7,11-14H,2-3,8H2,1H3/p+1/t11-,12-,13-,14-/m1/s1. The molecule has 2 amide bonds. The fourth-order valence-electron chi connectivity index (χ4n) is 4.65. The third-order valence-electron chi connectivity index (χ3n) is 5.50. The normalized spacial score (nSPS) is 38.0. The first-order valence-electron chi connectivity index (χ1n) is 7.52. The largest absolute Gasteiger partial charge is 0.325 e. The number of nitrogens with one attached hydrogen (secondary N) is 1. The first kappa shape index (κ1) is 13.0. The van der Waals surface area contributed by atoms with Gasteiger partial charge in [-0.15, -0.1) is 0 Å². The topological polar surface area (TPSA) is 41.8 Å². The number of rotatable bonds is 1. The Bertz CT molecular complexity index is 615. The average Bonchev–Trinajstić information content (AvgIpc) is 3.10. The van der Waals surface area contributed by atoms with Crippen molar-refractivity contribution in [2.45, 2.75) is 24.9 Å². The molecule has 1 unspecified atom stereocenters. The predicted molar refractivity (Wildman–Crippen MR) is 72.7 cm³/mol. The van der Waals surface area contributed by atoms with Crippen LogP contribution in [0.5, 0.6) is 0 Å². The van der Waals surface area contributed by atoms with Gasteiger partial charge < -0.3 is 4.90 Å². The van der Waals surface area contributed by atoms with Crippen LogP contribution in [-0.4, -0.2) is 36.3 Å². The van der Waals surface area contributed by atoms with Gasteiger partial charge in [-0.3, -0.25) is 14.5 Å². The number of hydrogen-bond donors (Lipinski definition) is 1. The van der Waals surface area contributed by atoms with Crippen LogP contribution in [0.4, 0.5) is 4.39 Å². The molecule has 21 heavy (non-hydrogen) atoms. The van der Waals surface area contributed by atoms with Crippen LogP contribution < -0.4 is 4.90 Å². The van der Waals surface area contributed by atoms with E-state index >= 15 is 0 Å². The van der Waals surface area contributed by atoms with Crippen LogP contribution in [0.2, 0.25) is 0 Å². The average molecular weight is 289 g/mol. The Kier molecular flexibility index (Phi) is 2.70. The number of benzene rings is 1. The quantitative estimate of drug-likeness (QED) is 0.748. The number of nitrogens with zero attached hydrogens (tertiary/aromatic N) is 1. The van der Waals surface area contributed by atoms with Crippen molar-refractivity contribution in [1.29, 1.82) is 0 Å². The second-order valence-electron chi connectivity index (χ2n) is 6.39. The van der Waals surface area contributed by atoms with E-state index in [0.717, 1.165) is 24.9 Å². The Hall–Kier alpha value is -1.75. The molecule has 0 radical (unpaired) electrons. The second-order valence-corrected chi connectivity index (χ2v) is 6.39. The number of likely N-dealkylation sites (tertiary alicyclic amines) is 1. The summed E-state index contributed by atoms with van der Waals surface area (Å²) >= 11 is 0. The van der Waals surface area contributed by atoms with E-state index in [9.17, 15) is 14.0 Å². The minimum Gasteiger partial charge on any atom is -0.325 e. The molecule has 4 rings (SSSR count). The number of amides is 2. The molecular formula is C16H18FN2O2+. The van der Waals surface area contributed by atoms with Gasteiger partial charge in [0, 0.05) is 25.5 Å². The number of carbonyl (C=O) groups excluding carboxylic acids is 2. The Balaban J connectivity index is 1.80. The van der Waals surface area contributed by atoms with Gasteiger partial charge in [0.1, 0.15) is 29.7 Å². The molecule has 0 bridgehead atoms. The highest BCUT2D eigenvalue weighted by atomic mass is 19.1. The van der Waals surface area contributed by atoms with E-state index in [-0.39, 0.29) is 41.6 Å². The SMILES string of the molecule is CN1C(=O)[C@@H]2[C@H](C1=O)[C@H]1CCC[NH+]1[C@@H]2c1ccc(F)cc1. The van der Waals surface area contributed by atoms with Crippen molar-refractivity contribution in [3.05, 3.63) is 35.6 Å². The minimum atomic E-state index is -0.271. The summed E-state index contributed by atoms with van der Waals surface area (Å²) in [6, 6.07) is 6.65. The van der Waals surface area contributed by atoms with Crippen molar-refractivity contribution in [3.63, 3.8) is 0 Å². The molecule has 0 aromatic heterocycles. The molecule has 110 valence electrons. The van der Waals surface area contributed by atoms with Crippen molar-refractivity contribution in [1.82, 2.24) is 4.90 Å². The first-order valence-corrected chi connectivity index (χ1v) is 7.52. The van der Waals surface area contributed by atoms with Crippen LogP contribution in [-0.2, 0) is 9.59 Å². The maximum absolute atomic E-state index is 13.2. The van der Waals surface area contributed by atoms with Crippen molar-refractivity contribution in [2.24, 2.45) is 11.8 Å². The molecule has 1 aromatic rings. The zero-order valence-electron chi connectivity index (χ0n) is 11.9. The van der Waals surface area contributed by atoms with Gasteiger partial charge in [0.25, 0.3) is 0 Å². The summed E-state index contributed by atoms with van der Waals surface area (Å²) in [4.78, 5) is 27.5. The lowest BCUT2D eigenvalue weighted by molar-refractivity contribution is -0.931. The molecule has 3 heterocycles. The summed E-state index contributed by atoms with van der Waals surface area (Å²) in [7, 11) is 1.58. The molecule has 4 nitrogen and oxygen atoms in total. The van der Waals surface area contributed by atoms with E-state index in [2.05, 4.69) is 0 Å². The van der Waals surface area contributed by atoms with Crippen LogP contribution in [0.3, 0.4) is 0 Å². The highest BCUT2D eigenvalue weighted by Gasteiger charge is 2.65. The van der Waals surface area contributed by atoms with Crippen molar-refractivity contribution >= 4 is 11.8 Å². The zero-order chi connectivity index (χ0) is 14.7. The van der Waals surface area contributed by atoms with Crippen LogP contribution in [0, 0.1) is 17.7 Å². The molecule has 1 aromatic carbocycles. The van der Waals surface area contributed by atoms with Crippen molar-refractivity contribution in [2.75, 3.05) is 13.6 Å². The van der Waals surface area contributed by atoms with Crippen LogP contribution in [0.15, 0.2) is 24.3 Å². The van der Waals surface area contributed by atoms with E-state index in [4.69, 9.17) is 0 Å². The number of hydrogen-bond acceptors (Lipinski definition) is 2. The molecule has 3 aliphatic heterocycles. The lowest BCUT2D eigenvalue weighted by atomic mass is 9.85. The van der Waals surface area contributed by atoms with E-state index in [0.29, 0.717) is 0 Å². The number of fused-ring (bicyclic) bond motifs is 3. The van der Waals surface area contributed by atoms with Gasteiger partial charge in [-0.2, -0.15) is 0 Å². The summed E-state index contributed by atoms with van der Waals surface area (Å²) in [5, 5.41) is 0. The summed E-state index contributed by atoms with van der Waals surface area (Å²) in [6.07, 6.45) is 2.09. The molecule has 3 fully saturated rings. The fourth-order valence-corrected chi connectivity index (χ4v) is 4.65. The van der Waals surface area contributed by atoms with Gasteiger partial charge in [-0.25, -0.2) is 4.39 Å². The maximum Gasteiger partial charge on any atom is 0.239 e. The summed E-state index contributed by atoms with van der Waals surface area (Å²) in [5.41, 5.74) is 0.974. The lowest BCUT2D eigenvalue weighted by Crippen LogP contribution is -3.12. The number of quaternary nitrogens is 1. The zero-order valence-corrected chi connectivity index (χ0v) is 11.9. The Labute approximate surface area is 122 Å². The van der Waals surface area contributed by atoms with Crippen LogP contribution in [0.25, 0.3) is 0 Å². The Morgan fingerprint density at radius 3 is 2.52 bits per heavy atom. The van der Waals surface area contributed by atoms with Gasteiger partial charge in [-0.05, 0) is 12.1 Å². The van der Waals surface area contributed by atoms with Gasteiger partial charge >= 0.3 is 0 Å². The number of carbonyl (C=O) groups is 2. The van der Waals surface area contributed by atoms with Crippen LogP contribution in [0.1, 0.15) is 24.4 Å². The predicted octanol–water partition coefficient (Wildman–Crippen LogP) is 0.159. The third kappa shape index (κ3) is 1.64. The molecule has 1 N–H and O–H groups in total. The molecule has 0 spiro atoms. The summed E-state index contributed by atoms with van der Waals surface area (Å²) in [6.45, 7) is 0.990. The second kappa shape index (κ2) is 4.37. The summed E-state index contributed by atoms with van der Waals surface area (Å²) < 4.78 is 13.2. The number of halogens is 1.